The molecule has 0 aliphatic carbocycles. The minimum absolute atomic E-state index is 0. The molecule has 0 bridgehead atoms. The minimum Gasteiger partial charge on any atom is -0.507 e. The van der Waals surface area contributed by atoms with Crippen LogP contribution >= 0.6 is 12.4 Å². The van der Waals surface area contributed by atoms with Gasteiger partial charge in [-0.2, -0.15) is 0 Å². The number of nitrogens with zero attached hydrogens (tertiary/aromatic N) is 1. The average molecular weight is 444 g/mol. The highest BCUT2D eigenvalue weighted by Crippen LogP contribution is 2.41. The van der Waals surface area contributed by atoms with E-state index in [1.807, 2.05) is 18.2 Å². The predicted molar refractivity (Wildman–Crippen MR) is 133 cm³/mol. The molecule has 0 fully saturated rings. The Kier molecular flexibility index (Phi) is 9.93. The lowest BCUT2D eigenvalue weighted by molar-refractivity contribution is 0.293. The van der Waals surface area contributed by atoms with E-state index in [1.165, 1.54) is 31.2 Å². The second-order valence-electron chi connectivity index (χ2n) is 8.90. The third-order valence-electron chi connectivity index (χ3n) is 6.62. The Bertz CT molecular complexity index is 827. The van der Waals surface area contributed by atoms with Gasteiger partial charge in [0.15, 0.2) is 0 Å². The summed E-state index contributed by atoms with van der Waals surface area (Å²) in [6.07, 6.45) is 7.90. The van der Waals surface area contributed by atoms with Gasteiger partial charge in [0.2, 0.25) is 0 Å². The van der Waals surface area contributed by atoms with Gasteiger partial charge in [-0.05, 0) is 47.1 Å². The maximum Gasteiger partial charge on any atom is 0.127 e. The smallest absolute Gasteiger partial charge is 0.127 e. The van der Waals surface area contributed by atoms with Gasteiger partial charge in [0.05, 0.1) is 5.56 Å². The van der Waals surface area contributed by atoms with Crippen molar-refractivity contribution in [3.8, 4) is 11.5 Å². The highest BCUT2D eigenvalue weighted by molar-refractivity contribution is 5.85. The van der Waals surface area contributed by atoms with Crippen molar-refractivity contribution in [2.45, 2.75) is 65.3 Å². The van der Waals surface area contributed by atoms with Gasteiger partial charge in [-0.25, -0.2) is 0 Å². The monoisotopic (exact) mass is 443 g/mol. The maximum atomic E-state index is 10.8. The highest BCUT2D eigenvalue weighted by Gasteiger charge is 2.22. The molecule has 3 nitrogen and oxygen atoms in total. The topological polar surface area (TPSA) is 43.7 Å². The average Bonchev–Trinajstić information content (AvgIpc) is 2.74. The molecule has 0 spiro atoms. The van der Waals surface area contributed by atoms with Crippen molar-refractivity contribution in [3.05, 3.63) is 65.2 Å². The lowest BCUT2D eigenvalue weighted by Crippen LogP contribution is -2.28. The normalized spacial score (nSPS) is 16.3. The Hall–Kier alpha value is -1.97. The van der Waals surface area contributed by atoms with Crippen molar-refractivity contribution < 1.29 is 10.2 Å². The number of phenolic OH excluding ortho intramolecular Hbond substituents is 2. The van der Waals surface area contributed by atoms with E-state index in [1.54, 1.807) is 0 Å². The van der Waals surface area contributed by atoms with Crippen molar-refractivity contribution in [2.24, 2.45) is 5.92 Å². The van der Waals surface area contributed by atoms with Crippen LogP contribution in [0.3, 0.4) is 0 Å². The summed E-state index contributed by atoms with van der Waals surface area (Å²) in [5.41, 5.74) is 4.00. The molecule has 2 aromatic carbocycles. The van der Waals surface area contributed by atoms with Gasteiger partial charge >= 0.3 is 0 Å². The van der Waals surface area contributed by atoms with Crippen LogP contribution in [0.5, 0.6) is 11.5 Å². The lowest BCUT2D eigenvalue weighted by atomic mass is 9.84. The molecule has 0 radical (unpaired) electrons. The Labute approximate surface area is 194 Å². The van der Waals surface area contributed by atoms with Gasteiger partial charge in [0.1, 0.15) is 11.5 Å². The molecule has 0 aromatic heterocycles. The predicted octanol–water partition coefficient (Wildman–Crippen LogP) is 7.13. The first-order chi connectivity index (χ1) is 14.5. The van der Waals surface area contributed by atoms with Crippen LogP contribution in [0.1, 0.15) is 75.5 Å². The Balaban J connectivity index is 0.00000341. The molecule has 4 heteroatoms. The van der Waals surface area contributed by atoms with Crippen molar-refractivity contribution in [2.75, 3.05) is 13.1 Å². The summed E-state index contributed by atoms with van der Waals surface area (Å²) < 4.78 is 0. The largest absolute Gasteiger partial charge is 0.507 e. The summed E-state index contributed by atoms with van der Waals surface area (Å²) in [7, 11) is 0. The van der Waals surface area contributed by atoms with E-state index in [9.17, 15) is 10.2 Å². The molecule has 0 saturated heterocycles. The maximum absolute atomic E-state index is 10.8. The Morgan fingerprint density at radius 3 is 2.26 bits per heavy atom. The molecule has 2 atom stereocenters. The van der Waals surface area contributed by atoms with Crippen LogP contribution in [0.4, 0.5) is 0 Å². The van der Waals surface area contributed by atoms with E-state index >= 15 is 0 Å². The Morgan fingerprint density at radius 1 is 1.00 bits per heavy atom. The summed E-state index contributed by atoms with van der Waals surface area (Å²) in [6, 6.07) is 14.2. The number of unbranched alkanes of at least 4 members (excludes halogenated alkanes) is 2. The number of benzene rings is 2. The van der Waals surface area contributed by atoms with Gasteiger partial charge in [-0.1, -0.05) is 82.9 Å². The first-order valence-electron chi connectivity index (χ1n) is 11.5. The summed E-state index contributed by atoms with van der Waals surface area (Å²) in [4.78, 5) is 2.39. The zero-order valence-corrected chi connectivity index (χ0v) is 20.0. The summed E-state index contributed by atoms with van der Waals surface area (Å²) >= 11 is 0. The highest BCUT2D eigenvalue weighted by atomic mass is 35.5. The zero-order valence-electron chi connectivity index (χ0n) is 19.2. The van der Waals surface area contributed by atoms with E-state index in [4.69, 9.17) is 0 Å². The van der Waals surface area contributed by atoms with Crippen LogP contribution in [0, 0.1) is 5.92 Å². The molecule has 170 valence electrons. The fourth-order valence-electron chi connectivity index (χ4n) is 4.44. The standard InChI is InChI=1S/C27H37NO2.ClH/c1-4-5-7-10-20(2)21(3)24-17-25(29)27(26(30)18-24)23-13-15-28(16-14-23)19-22-11-8-6-9-12-22;/h6,8-9,11-13,17-18,20-21,29-30H,4-5,7,10,14-16,19H2,1-3H3;1H. The van der Waals surface area contributed by atoms with Gasteiger partial charge in [-0.15, -0.1) is 12.4 Å². The van der Waals surface area contributed by atoms with Crippen molar-refractivity contribution >= 4 is 18.0 Å². The molecule has 3 rings (SSSR count). The van der Waals surface area contributed by atoms with Crippen LogP contribution in [0.25, 0.3) is 5.57 Å². The number of rotatable bonds is 9. The molecule has 1 aliphatic heterocycles. The van der Waals surface area contributed by atoms with Crippen molar-refractivity contribution in [1.82, 2.24) is 4.90 Å². The van der Waals surface area contributed by atoms with Crippen LogP contribution in [0.2, 0.25) is 0 Å². The zero-order chi connectivity index (χ0) is 21.5. The summed E-state index contributed by atoms with van der Waals surface area (Å²) in [6.45, 7) is 9.37. The Morgan fingerprint density at radius 2 is 1.68 bits per heavy atom. The molecular formula is C27H38ClNO2. The number of halogens is 1. The van der Waals surface area contributed by atoms with Gasteiger partial charge in [0, 0.05) is 19.6 Å². The molecule has 31 heavy (non-hydrogen) atoms. The van der Waals surface area contributed by atoms with Crippen LogP contribution < -0.4 is 0 Å². The number of aromatic hydroxyl groups is 2. The molecule has 0 amide bonds. The molecule has 2 unspecified atom stereocenters. The van der Waals surface area contributed by atoms with E-state index in [0.29, 0.717) is 17.4 Å². The van der Waals surface area contributed by atoms with Crippen LogP contribution in [0.15, 0.2) is 48.5 Å². The van der Waals surface area contributed by atoms with E-state index < -0.39 is 0 Å². The molecule has 0 saturated carbocycles. The molecular weight excluding hydrogens is 406 g/mol. The van der Waals surface area contributed by atoms with Crippen LogP contribution in [-0.2, 0) is 6.54 Å². The second kappa shape index (κ2) is 12.2. The lowest BCUT2D eigenvalue weighted by Gasteiger charge is -2.27. The molecule has 2 N–H and O–H groups in total. The van der Waals surface area contributed by atoms with E-state index in [-0.39, 0.29) is 23.9 Å². The number of hydrogen-bond donors (Lipinski definition) is 2. The first kappa shape index (κ1) is 25.3. The van der Waals surface area contributed by atoms with Gasteiger partial charge < -0.3 is 10.2 Å². The second-order valence-corrected chi connectivity index (χ2v) is 8.90. The van der Waals surface area contributed by atoms with Crippen molar-refractivity contribution in [1.29, 1.82) is 0 Å². The molecule has 2 aromatic rings. The summed E-state index contributed by atoms with van der Waals surface area (Å²) in [5.74, 6) is 1.26. The van der Waals surface area contributed by atoms with E-state index in [2.05, 4.69) is 56.0 Å². The van der Waals surface area contributed by atoms with Crippen LogP contribution in [-0.4, -0.2) is 28.2 Å². The molecule has 1 heterocycles. The minimum atomic E-state index is 0. The fraction of sp³-hybridized carbons (Fsp3) is 0.481. The first-order valence-corrected chi connectivity index (χ1v) is 11.5. The third-order valence-corrected chi connectivity index (χ3v) is 6.62. The SMILES string of the molecule is CCCCCC(C)C(C)c1cc(O)c(C2=CCN(Cc3ccccc3)CC2)c(O)c1.Cl. The van der Waals surface area contributed by atoms with Crippen molar-refractivity contribution in [3.63, 3.8) is 0 Å². The molecule has 1 aliphatic rings. The summed E-state index contributed by atoms with van der Waals surface area (Å²) in [5, 5.41) is 21.5. The van der Waals surface area contributed by atoms with Gasteiger partial charge in [-0.3, -0.25) is 4.90 Å². The van der Waals surface area contributed by atoms with Gasteiger partial charge in [0.25, 0.3) is 0 Å². The number of hydrogen-bond acceptors (Lipinski definition) is 3. The quantitative estimate of drug-likeness (QED) is 0.405. The third kappa shape index (κ3) is 6.75. The number of phenols is 2. The fourth-order valence-corrected chi connectivity index (χ4v) is 4.44. The van der Waals surface area contributed by atoms with E-state index in [0.717, 1.165) is 37.2 Å².